The highest BCUT2D eigenvalue weighted by atomic mass is 32.1. The zero-order chi connectivity index (χ0) is 25.2. The molecule has 35 heavy (non-hydrogen) atoms. The lowest BCUT2D eigenvalue weighted by molar-refractivity contribution is -0.140. The summed E-state index contributed by atoms with van der Waals surface area (Å²) in [6.45, 7) is 2.09. The number of carbonyl (C=O) groups excluding carboxylic acids is 1. The number of nitrogens with one attached hydrogen (secondary N) is 3. The molecule has 0 aliphatic carbocycles. The maximum Gasteiger partial charge on any atom is 0.434 e. The first-order valence-corrected chi connectivity index (χ1v) is 10.8. The fraction of sp³-hybridized carbons (Fsp3) is 0.200. The van der Waals surface area contributed by atoms with Crippen molar-refractivity contribution in [1.29, 1.82) is 0 Å². The van der Waals surface area contributed by atoms with Crippen LogP contribution in [0.5, 0.6) is 5.88 Å². The topological polar surface area (TPSA) is 148 Å². The average molecular weight is 507 g/mol. The van der Waals surface area contributed by atoms with E-state index in [9.17, 15) is 22.8 Å². The second kappa shape index (κ2) is 9.54. The number of hydrogen-bond acceptors (Lipinski definition) is 9. The summed E-state index contributed by atoms with van der Waals surface area (Å²) in [6, 6.07) is 2.40. The first-order chi connectivity index (χ1) is 16.7. The zero-order valence-corrected chi connectivity index (χ0v) is 18.9. The molecule has 0 aliphatic heterocycles. The third kappa shape index (κ3) is 5.13. The summed E-state index contributed by atoms with van der Waals surface area (Å²) in [6.07, 6.45) is -1.86. The van der Waals surface area contributed by atoms with E-state index in [1.807, 2.05) is 0 Å². The van der Waals surface area contributed by atoms with Gasteiger partial charge in [-0.15, -0.1) is 16.4 Å². The number of H-pyrrole nitrogens is 1. The Hall–Kier alpha value is -4.27. The molecule has 0 aromatic carbocycles. The summed E-state index contributed by atoms with van der Waals surface area (Å²) >= 11 is 0.778. The maximum atomic E-state index is 13.2. The van der Waals surface area contributed by atoms with Crippen molar-refractivity contribution in [3.8, 4) is 39.0 Å². The highest BCUT2D eigenvalue weighted by Gasteiger charge is 2.34. The van der Waals surface area contributed by atoms with Gasteiger partial charge in [0.2, 0.25) is 5.88 Å². The molecule has 3 N–H and O–H groups in total. The molecule has 0 aliphatic rings. The molecule has 0 bridgehead atoms. The van der Waals surface area contributed by atoms with Crippen LogP contribution in [-0.4, -0.2) is 44.8 Å². The number of halogens is 3. The number of nitrogens with zero attached hydrogens (tertiary/aromatic N) is 4. The number of amides is 2. The average Bonchev–Trinajstić information content (AvgIpc) is 3.48. The van der Waals surface area contributed by atoms with Crippen LogP contribution in [0.4, 0.5) is 23.8 Å². The molecule has 4 aromatic heterocycles. The smallest absolute Gasteiger partial charge is 0.434 e. The standard InChI is InChI=1S/C20H16F3N7O4S/c1-3-24-18(31)28-14-5-10(17-27-13(8-35-17)20(21,22)23)12(7-25-14)9-4-11(15(33-2)26-6-9)16-29-30-19(32)34-16/h4-8H,3H2,1-2H3,(H,30,32)(H2,24,25,28,31). The van der Waals surface area contributed by atoms with Gasteiger partial charge in [-0.1, -0.05) is 0 Å². The molecule has 0 radical (unpaired) electrons. The lowest BCUT2D eigenvalue weighted by Gasteiger charge is -2.12. The van der Waals surface area contributed by atoms with Gasteiger partial charge in [0.15, 0.2) is 5.69 Å². The summed E-state index contributed by atoms with van der Waals surface area (Å²) < 4.78 is 49.8. The van der Waals surface area contributed by atoms with Crippen LogP contribution in [0.3, 0.4) is 0 Å². The number of carbonyl (C=O) groups is 1. The molecule has 182 valence electrons. The number of urea groups is 1. The number of thiazole rings is 1. The van der Waals surface area contributed by atoms with Gasteiger partial charge < -0.3 is 14.5 Å². The largest absolute Gasteiger partial charge is 0.480 e. The predicted molar refractivity (Wildman–Crippen MR) is 119 cm³/mol. The SMILES string of the molecule is CCNC(=O)Nc1cc(-c2nc(C(F)(F)F)cs2)c(-c2cnc(OC)c(-c3n[nH]c(=O)o3)c2)cn1. The number of hydrogen-bond donors (Lipinski definition) is 3. The lowest BCUT2D eigenvalue weighted by Crippen LogP contribution is -2.28. The van der Waals surface area contributed by atoms with E-state index in [2.05, 4.69) is 35.8 Å². The molecule has 0 atom stereocenters. The van der Waals surface area contributed by atoms with E-state index in [0.717, 1.165) is 16.7 Å². The van der Waals surface area contributed by atoms with E-state index in [0.29, 0.717) is 17.7 Å². The van der Waals surface area contributed by atoms with Crippen molar-refractivity contribution in [2.24, 2.45) is 0 Å². The van der Waals surface area contributed by atoms with Gasteiger partial charge >= 0.3 is 18.0 Å². The van der Waals surface area contributed by atoms with E-state index < -0.39 is 23.7 Å². The first-order valence-electron chi connectivity index (χ1n) is 9.88. The van der Waals surface area contributed by atoms with Crippen LogP contribution >= 0.6 is 11.3 Å². The van der Waals surface area contributed by atoms with Crippen LogP contribution in [-0.2, 0) is 6.18 Å². The molecule has 0 saturated heterocycles. The van der Waals surface area contributed by atoms with E-state index in [1.54, 1.807) is 6.92 Å². The van der Waals surface area contributed by atoms with Crippen LogP contribution in [0.25, 0.3) is 33.2 Å². The Morgan fingerprint density at radius 2 is 2.00 bits per heavy atom. The number of rotatable bonds is 6. The quantitative estimate of drug-likeness (QED) is 0.357. The van der Waals surface area contributed by atoms with Crippen molar-refractivity contribution in [2.45, 2.75) is 13.1 Å². The number of ether oxygens (including phenoxy) is 1. The number of methoxy groups -OCH3 is 1. The van der Waals surface area contributed by atoms with Gasteiger partial charge in [0.05, 0.1) is 7.11 Å². The molecular weight excluding hydrogens is 491 g/mol. The van der Waals surface area contributed by atoms with Gasteiger partial charge in [-0.3, -0.25) is 5.32 Å². The summed E-state index contributed by atoms with van der Waals surface area (Å²) in [4.78, 5) is 35.5. The number of aromatic amines is 1. The van der Waals surface area contributed by atoms with Crippen LogP contribution in [0, 0.1) is 0 Å². The predicted octanol–water partition coefficient (Wildman–Crippen LogP) is 3.78. The minimum absolute atomic E-state index is 0.0392. The van der Waals surface area contributed by atoms with E-state index in [1.165, 1.54) is 31.6 Å². The number of aromatic nitrogens is 5. The van der Waals surface area contributed by atoms with E-state index in [4.69, 9.17) is 9.15 Å². The molecule has 15 heteroatoms. The monoisotopic (exact) mass is 507 g/mol. The van der Waals surface area contributed by atoms with Gasteiger partial charge in [-0.2, -0.15) is 13.2 Å². The fourth-order valence-corrected chi connectivity index (χ4v) is 3.90. The van der Waals surface area contributed by atoms with E-state index >= 15 is 0 Å². The Labute approximate surface area is 198 Å². The van der Waals surface area contributed by atoms with Crippen molar-refractivity contribution in [3.63, 3.8) is 0 Å². The molecule has 0 spiro atoms. The third-order valence-electron chi connectivity index (χ3n) is 4.53. The van der Waals surface area contributed by atoms with Gasteiger partial charge in [-0.05, 0) is 19.1 Å². The van der Waals surface area contributed by atoms with E-state index in [-0.39, 0.29) is 33.7 Å². The van der Waals surface area contributed by atoms with Gasteiger partial charge in [-0.25, -0.2) is 29.6 Å². The summed E-state index contributed by atoms with van der Waals surface area (Å²) in [7, 11) is 1.36. The molecule has 0 fully saturated rings. The van der Waals surface area contributed by atoms with Crippen molar-refractivity contribution < 1.29 is 27.1 Å². The molecule has 4 rings (SSSR count). The minimum atomic E-state index is -4.63. The van der Waals surface area contributed by atoms with Crippen molar-refractivity contribution in [3.05, 3.63) is 46.2 Å². The normalized spacial score (nSPS) is 11.3. The second-order valence-electron chi connectivity index (χ2n) is 6.83. The third-order valence-corrected chi connectivity index (χ3v) is 5.41. The van der Waals surface area contributed by atoms with Crippen LogP contribution in [0.2, 0.25) is 0 Å². The number of anilines is 1. The highest BCUT2D eigenvalue weighted by Crippen LogP contribution is 2.39. The van der Waals surface area contributed by atoms with Gasteiger partial charge in [0.25, 0.3) is 5.89 Å². The van der Waals surface area contributed by atoms with Crippen LogP contribution < -0.4 is 21.1 Å². The number of pyridine rings is 2. The Balaban J connectivity index is 1.86. The minimum Gasteiger partial charge on any atom is -0.480 e. The van der Waals surface area contributed by atoms with Crippen molar-refractivity contribution >= 4 is 23.2 Å². The molecule has 0 unspecified atom stereocenters. The molecule has 11 nitrogen and oxygen atoms in total. The molecule has 4 heterocycles. The highest BCUT2D eigenvalue weighted by molar-refractivity contribution is 7.13. The number of alkyl halides is 3. The molecule has 2 amide bonds. The Morgan fingerprint density at radius 3 is 2.63 bits per heavy atom. The fourth-order valence-electron chi connectivity index (χ4n) is 3.04. The first kappa shape index (κ1) is 23.9. The Morgan fingerprint density at radius 1 is 1.20 bits per heavy atom. The molecular formula is C20H16F3N7O4S. The van der Waals surface area contributed by atoms with Crippen molar-refractivity contribution in [1.82, 2.24) is 30.5 Å². The summed E-state index contributed by atoms with van der Waals surface area (Å²) in [5, 5.41) is 11.9. The summed E-state index contributed by atoms with van der Waals surface area (Å²) in [5.74, 6) is -0.697. The maximum absolute atomic E-state index is 13.2. The summed E-state index contributed by atoms with van der Waals surface area (Å²) in [5.41, 5.74) is 0.166. The Bertz CT molecular complexity index is 1430. The lowest BCUT2D eigenvalue weighted by atomic mass is 10.0. The zero-order valence-electron chi connectivity index (χ0n) is 18.1. The van der Waals surface area contributed by atoms with Crippen molar-refractivity contribution in [2.75, 3.05) is 19.0 Å². The second-order valence-corrected chi connectivity index (χ2v) is 7.69. The molecule has 0 saturated carbocycles. The Kier molecular flexibility index (Phi) is 6.50. The van der Waals surface area contributed by atoms with Gasteiger partial charge in [0, 0.05) is 41.0 Å². The molecule has 4 aromatic rings. The van der Waals surface area contributed by atoms with Crippen LogP contribution in [0.1, 0.15) is 12.6 Å². The van der Waals surface area contributed by atoms with Crippen LogP contribution in [0.15, 0.2) is 39.1 Å². The van der Waals surface area contributed by atoms with Gasteiger partial charge in [0.1, 0.15) is 16.4 Å².